The maximum atomic E-state index is 7.71. The molecular formula is C27H35N3. The number of hydrogen-bond donors (Lipinski definition) is 1. The molecule has 1 saturated heterocycles. The lowest BCUT2D eigenvalue weighted by atomic mass is 9.76. The molecule has 1 aliphatic rings. The highest BCUT2D eigenvalue weighted by molar-refractivity contribution is 6.09. The minimum absolute atomic E-state index is 0.377. The van der Waals surface area contributed by atoms with Gasteiger partial charge in [0, 0.05) is 31.1 Å². The summed E-state index contributed by atoms with van der Waals surface area (Å²) in [6.07, 6.45) is 12.0. The lowest BCUT2D eigenvalue weighted by molar-refractivity contribution is 0.0943. The van der Waals surface area contributed by atoms with E-state index < -0.39 is 0 Å². The van der Waals surface area contributed by atoms with Crippen LogP contribution in [-0.2, 0) is 6.54 Å². The van der Waals surface area contributed by atoms with Crippen LogP contribution in [0.5, 0.6) is 0 Å². The van der Waals surface area contributed by atoms with Crippen molar-refractivity contribution in [2.24, 2.45) is 11.3 Å². The average Bonchev–Trinajstić information content (AvgIpc) is 2.75. The molecule has 0 bridgehead atoms. The Morgan fingerprint density at radius 1 is 1.23 bits per heavy atom. The molecular weight excluding hydrogens is 366 g/mol. The Hall–Kier alpha value is -2.52. The van der Waals surface area contributed by atoms with Crippen LogP contribution in [0.15, 0.2) is 60.8 Å². The van der Waals surface area contributed by atoms with E-state index in [2.05, 4.69) is 49.9 Å². The fourth-order valence-corrected chi connectivity index (χ4v) is 4.14. The zero-order valence-corrected chi connectivity index (χ0v) is 18.9. The van der Waals surface area contributed by atoms with E-state index >= 15 is 0 Å². The van der Waals surface area contributed by atoms with Crippen LogP contribution in [0.25, 0.3) is 16.8 Å². The Morgan fingerprint density at radius 3 is 2.73 bits per heavy atom. The summed E-state index contributed by atoms with van der Waals surface area (Å²) in [5.41, 5.74) is 5.64. The van der Waals surface area contributed by atoms with E-state index in [0.717, 1.165) is 34.9 Å². The summed E-state index contributed by atoms with van der Waals surface area (Å²) in [6.45, 7) is 12.4. The highest BCUT2D eigenvalue weighted by atomic mass is 15.1. The molecule has 3 nitrogen and oxygen atoms in total. The third-order valence-electron chi connectivity index (χ3n) is 6.08. The molecule has 0 spiro atoms. The Morgan fingerprint density at radius 2 is 2.07 bits per heavy atom. The smallest absolute Gasteiger partial charge is 0.0702 e. The second kappa shape index (κ2) is 9.99. The molecule has 2 heterocycles. The first-order valence-electron chi connectivity index (χ1n) is 11.0. The number of benzene rings is 1. The van der Waals surface area contributed by atoms with E-state index in [1.54, 1.807) is 0 Å². The second-order valence-electron chi connectivity index (χ2n) is 9.36. The van der Waals surface area contributed by atoms with Crippen molar-refractivity contribution in [3.05, 3.63) is 72.0 Å². The lowest BCUT2D eigenvalue weighted by Gasteiger charge is -2.39. The van der Waals surface area contributed by atoms with Gasteiger partial charge in [-0.05, 0) is 66.5 Å². The van der Waals surface area contributed by atoms with Crippen molar-refractivity contribution in [2.75, 3.05) is 13.1 Å². The van der Waals surface area contributed by atoms with Crippen LogP contribution in [0.3, 0.4) is 0 Å². The summed E-state index contributed by atoms with van der Waals surface area (Å²) in [6, 6.07) is 12.6. The number of hydrogen-bond acceptors (Lipinski definition) is 3. The number of rotatable bonds is 6. The zero-order valence-electron chi connectivity index (χ0n) is 18.9. The molecule has 1 aliphatic heterocycles. The van der Waals surface area contributed by atoms with Crippen LogP contribution < -0.4 is 0 Å². The Kier molecular flexibility index (Phi) is 7.38. The molecule has 0 radical (unpaired) electrons. The lowest BCUT2D eigenvalue weighted by Crippen LogP contribution is -2.40. The molecule has 1 atom stereocenters. The summed E-state index contributed by atoms with van der Waals surface area (Å²) < 4.78 is 0. The molecule has 30 heavy (non-hydrogen) atoms. The first-order valence-corrected chi connectivity index (χ1v) is 11.0. The Balaban J connectivity index is 1.72. The van der Waals surface area contributed by atoms with Gasteiger partial charge in [-0.3, -0.25) is 9.88 Å². The van der Waals surface area contributed by atoms with Crippen molar-refractivity contribution in [1.29, 1.82) is 5.41 Å². The van der Waals surface area contributed by atoms with Gasteiger partial charge in [0.25, 0.3) is 0 Å². The number of pyridine rings is 1. The molecule has 1 fully saturated rings. The van der Waals surface area contributed by atoms with Crippen LogP contribution in [0.2, 0.25) is 0 Å². The standard InChI is InChI=1S/C27H35N3/c1-5-6-9-24(17-28)22-10-7-11-23(16-22)26-14-13-21(18-29-26)19-30-15-8-12-25(20-30)27(2,3)4/h5-7,9-11,13-14,16-18,25,28H,8,12,15,19-20H2,1-4H3/b6-5-,24-9+,28-17?. The molecule has 0 amide bonds. The molecule has 1 aromatic heterocycles. The first kappa shape index (κ1) is 22.2. The van der Waals surface area contributed by atoms with Gasteiger partial charge in [0.1, 0.15) is 0 Å². The third kappa shape index (κ3) is 5.76. The van der Waals surface area contributed by atoms with Crippen LogP contribution in [-0.4, -0.2) is 29.2 Å². The molecule has 3 rings (SSSR count). The Bertz CT molecular complexity index is 900. The van der Waals surface area contributed by atoms with E-state index in [4.69, 9.17) is 10.4 Å². The summed E-state index contributed by atoms with van der Waals surface area (Å²) >= 11 is 0. The van der Waals surface area contributed by atoms with Crippen molar-refractivity contribution in [3.63, 3.8) is 0 Å². The number of allylic oxidation sites excluding steroid dienone is 4. The molecule has 1 aromatic carbocycles. The zero-order chi connectivity index (χ0) is 21.6. The highest BCUT2D eigenvalue weighted by Crippen LogP contribution is 2.33. The summed E-state index contributed by atoms with van der Waals surface area (Å²) in [5, 5.41) is 7.71. The first-order chi connectivity index (χ1) is 14.4. The predicted octanol–water partition coefficient (Wildman–Crippen LogP) is 6.62. The van der Waals surface area contributed by atoms with Gasteiger partial charge >= 0.3 is 0 Å². The fraction of sp³-hybridized carbons (Fsp3) is 0.407. The van der Waals surface area contributed by atoms with Gasteiger partial charge in [-0.25, -0.2) is 0 Å². The molecule has 2 aromatic rings. The maximum absolute atomic E-state index is 7.71. The molecule has 0 aliphatic carbocycles. The number of likely N-dealkylation sites (tertiary alicyclic amines) is 1. The predicted molar refractivity (Wildman–Crippen MR) is 129 cm³/mol. The largest absolute Gasteiger partial charge is 0.308 e. The van der Waals surface area contributed by atoms with Gasteiger partial charge in [-0.1, -0.05) is 63.3 Å². The molecule has 0 saturated carbocycles. The summed E-state index contributed by atoms with van der Waals surface area (Å²) in [7, 11) is 0. The topological polar surface area (TPSA) is 40.0 Å². The van der Waals surface area contributed by atoms with Crippen molar-refractivity contribution >= 4 is 11.8 Å². The normalized spacial score (nSPS) is 18.7. The van der Waals surface area contributed by atoms with Crippen molar-refractivity contribution in [3.8, 4) is 11.3 Å². The van der Waals surface area contributed by atoms with Crippen molar-refractivity contribution < 1.29 is 0 Å². The molecule has 158 valence electrons. The SMILES string of the molecule is C/C=C\C=C(/C=N)c1cccc(-c2ccc(CN3CCCC(C(C)(C)C)C3)cn2)c1. The minimum Gasteiger partial charge on any atom is -0.308 e. The third-order valence-corrected chi connectivity index (χ3v) is 6.08. The number of aromatic nitrogens is 1. The van der Waals surface area contributed by atoms with Crippen LogP contribution in [0.1, 0.15) is 51.7 Å². The summed E-state index contributed by atoms with van der Waals surface area (Å²) in [5.74, 6) is 0.764. The van der Waals surface area contributed by atoms with E-state index in [9.17, 15) is 0 Å². The maximum Gasteiger partial charge on any atom is 0.0702 e. The van der Waals surface area contributed by atoms with Gasteiger partial charge in [-0.15, -0.1) is 0 Å². The quantitative estimate of drug-likeness (QED) is 0.437. The molecule has 1 unspecified atom stereocenters. The van der Waals surface area contributed by atoms with Crippen LogP contribution in [0, 0.1) is 16.7 Å². The van der Waals surface area contributed by atoms with Crippen molar-refractivity contribution in [1.82, 2.24) is 9.88 Å². The molecule has 1 N–H and O–H groups in total. The monoisotopic (exact) mass is 401 g/mol. The number of nitrogens with zero attached hydrogens (tertiary/aromatic N) is 2. The van der Waals surface area contributed by atoms with E-state index in [0.29, 0.717) is 5.41 Å². The summed E-state index contributed by atoms with van der Waals surface area (Å²) in [4.78, 5) is 7.34. The van der Waals surface area contributed by atoms with Crippen molar-refractivity contribution in [2.45, 2.75) is 47.1 Å². The van der Waals surface area contributed by atoms with Crippen LogP contribution >= 0.6 is 0 Å². The average molecular weight is 402 g/mol. The number of piperidine rings is 1. The van der Waals surface area contributed by atoms with Gasteiger partial charge < -0.3 is 5.41 Å². The van der Waals surface area contributed by atoms with E-state index in [-0.39, 0.29) is 0 Å². The van der Waals surface area contributed by atoms with E-state index in [1.165, 1.54) is 37.7 Å². The molecule has 3 heteroatoms. The minimum atomic E-state index is 0.377. The van der Waals surface area contributed by atoms with Gasteiger partial charge in [-0.2, -0.15) is 0 Å². The Labute approximate surface area is 182 Å². The van der Waals surface area contributed by atoms with E-state index in [1.807, 2.05) is 43.5 Å². The second-order valence-corrected chi connectivity index (χ2v) is 9.36. The van der Waals surface area contributed by atoms with Crippen LogP contribution in [0.4, 0.5) is 0 Å². The van der Waals surface area contributed by atoms with Gasteiger partial charge in [0.2, 0.25) is 0 Å². The highest BCUT2D eigenvalue weighted by Gasteiger charge is 2.29. The van der Waals surface area contributed by atoms with Gasteiger partial charge in [0.15, 0.2) is 0 Å². The number of nitrogens with one attached hydrogen (secondary N) is 1. The fourth-order valence-electron chi connectivity index (χ4n) is 4.14. The van der Waals surface area contributed by atoms with Gasteiger partial charge in [0.05, 0.1) is 5.69 Å².